The average Bonchev–Trinajstić information content (AvgIpc) is 2.54. The molecule has 1 amide bonds. The zero-order valence-corrected chi connectivity index (χ0v) is 16.3. The fraction of sp³-hybridized carbons (Fsp3) is 0.533. The summed E-state index contributed by atoms with van der Waals surface area (Å²) < 4.78 is 52.2. The Labute approximate surface area is 161 Å². The fourth-order valence-electron chi connectivity index (χ4n) is 2.83. The van der Waals surface area contributed by atoms with Crippen LogP contribution < -0.4 is 15.4 Å². The Bertz CT molecular complexity index is 741. The van der Waals surface area contributed by atoms with Crippen molar-refractivity contribution in [1.29, 1.82) is 0 Å². The maximum Gasteiger partial charge on any atom is 0.387 e. The molecule has 148 valence electrons. The Hall–Kier alpha value is -1.16. The van der Waals surface area contributed by atoms with E-state index in [0.717, 1.165) is 6.26 Å². The zero-order chi connectivity index (χ0) is 18.7. The molecule has 6 nitrogen and oxygen atoms in total. The lowest BCUT2D eigenvalue weighted by molar-refractivity contribution is -0.124. The number of halogens is 4. The van der Waals surface area contributed by atoms with E-state index in [4.69, 9.17) is 11.6 Å². The normalized spacial score (nSPS) is 16.7. The van der Waals surface area contributed by atoms with Crippen molar-refractivity contribution in [3.05, 3.63) is 28.8 Å². The molecule has 1 aliphatic rings. The first-order chi connectivity index (χ1) is 11.7. The van der Waals surface area contributed by atoms with Crippen LogP contribution in [0.4, 0.5) is 8.78 Å². The summed E-state index contributed by atoms with van der Waals surface area (Å²) in [5, 5.41) is 5.82. The number of carbonyl (C=O) groups excluding carboxylic acids is 1. The second kappa shape index (κ2) is 9.16. The average molecular weight is 433 g/mol. The Morgan fingerprint density at radius 1 is 1.38 bits per heavy atom. The minimum atomic E-state index is -3.66. The third kappa shape index (κ3) is 5.18. The van der Waals surface area contributed by atoms with Crippen LogP contribution in [0.2, 0.25) is 5.02 Å². The second-order valence-corrected chi connectivity index (χ2v) is 8.59. The molecule has 1 saturated heterocycles. The van der Waals surface area contributed by atoms with Crippen molar-refractivity contribution in [1.82, 2.24) is 10.6 Å². The standard InChI is InChI=1S/C15H19ClF2N2O4S.ClH/c1-25(22,23)15(4-6-19-7-5-15)13(21)20-9-10-8-11(16)2-3-12(10)24-14(17)18;/h2-3,8,14,19H,4-7,9H2,1H3,(H,20,21);1H. The Morgan fingerprint density at radius 3 is 2.54 bits per heavy atom. The maximum absolute atomic E-state index is 12.6. The number of piperidine rings is 1. The number of benzene rings is 1. The van der Waals surface area contributed by atoms with Gasteiger partial charge in [0.2, 0.25) is 5.91 Å². The topological polar surface area (TPSA) is 84.5 Å². The lowest BCUT2D eigenvalue weighted by atomic mass is 9.95. The van der Waals surface area contributed by atoms with Crippen LogP contribution >= 0.6 is 24.0 Å². The van der Waals surface area contributed by atoms with Crippen molar-refractivity contribution in [2.45, 2.75) is 30.7 Å². The Morgan fingerprint density at radius 2 is 2.00 bits per heavy atom. The van der Waals surface area contributed by atoms with Gasteiger partial charge < -0.3 is 15.4 Å². The third-order valence-electron chi connectivity index (χ3n) is 4.21. The number of carbonyl (C=O) groups is 1. The fourth-order valence-corrected chi connectivity index (χ4v) is 4.38. The molecule has 2 N–H and O–H groups in total. The van der Waals surface area contributed by atoms with Gasteiger partial charge in [-0.3, -0.25) is 4.79 Å². The molecule has 1 heterocycles. The van der Waals surface area contributed by atoms with Crippen molar-refractivity contribution in [3.8, 4) is 5.75 Å². The second-order valence-electron chi connectivity index (χ2n) is 5.83. The maximum atomic E-state index is 12.6. The van der Waals surface area contributed by atoms with Crippen LogP contribution in [0, 0.1) is 0 Å². The molecule has 0 aliphatic carbocycles. The number of sulfone groups is 1. The van der Waals surface area contributed by atoms with Crippen molar-refractivity contribution in [2.24, 2.45) is 0 Å². The van der Waals surface area contributed by atoms with E-state index in [0.29, 0.717) is 13.1 Å². The van der Waals surface area contributed by atoms with E-state index in [1.807, 2.05) is 0 Å². The van der Waals surface area contributed by atoms with Crippen molar-refractivity contribution in [2.75, 3.05) is 19.3 Å². The number of ether oxygens (including phenoxy) is 1. The molecule has 0 unspecified atom stereocenters. The molecule has 0 atom stereocenters. The minimum absolute atomic E-state index is 0. The van der Waals surface area contributed by atoms with Crippen molar-refractivity contribution < 1.29 is 26.7 Å². The first kappa shape index (κ1) is 22.9. The lowest BCUT2D eigenvalue weighted by Gasteiger charge is -2.34. The van der Waals surface area contributed by atoms with Crippen LogP contribution in [0.1, 0.15) is 18.4 Å². The van der Waals surface area contributed by atoms with Gasteiger partial charge >= 0.3 is 6.61 Å². The zero-order valence-electron chi connectivity index (χ0n) is 13.9. The first-order valence-electron chi connectivity index (χ1n) is 7.57. The summed E-state index contributed by atoms with van der Waals surface area (Å²) in [4.78, 5) is 12.6. The first-order valence-corrected chi connectivity index (χ1v) is 9.84. The van der Waals surface area contributed by atoms with Gasteiger partial charge in [0, 0.05) is 23.4 Å². The number of amides is 1. The van der Waals surface area contributed by atoms with Crippen molar-refractivity contribution >= 4 is 39.8 Å². The van der Waals surface area contributed by atoms with Crippen LogP contribution in [0.5, 0.6) is 5.75 Å². The molecule has 0 radical (unpaired) electrons. The molecule has 0 saturated carbocycles. The molecule has 11 heteroatoms. The van der Waals surface area contributed by atoms with Gasteiger partial charge in [-0.1, -0.05) is 11.6 Å². The molecular formula is C15H20Cl2F2N2O4S. The van der Waals surface area contributed by atoms with Gasteiger partial charge in [0.25, 0.3) is 0 Å². The SMILES string of the molecule is CS(=O)(=O)C1(C(=O)NCc2cc(Cl)ccc2OC(F)F)CCNCC1.Cl. The summed E-state index contributed by atoms with van der Waals surface area (Å²) in [6, 6.07) is 4.04. The number of hydrogen-bond acceptors (Lipinski definition) is 5. The van der Waals surface area contributed by atoms with Gasteiger partial charge in [-0.15, -0.1) is 12.4 Å². The van der Waals surface area contributed by atoms with Crippen LogP contribution in [0.25, 0.3) is 0 Å². The summed E-state index contributed by atoms with van der Waals surface area (Å²) in [6.07, 6.45) is 1.32. The number of nitrogens with one attached hydrogen (secondary N) is 2. The quantitative estimate of drug-likeness (QED) is 0.719. The summed E-state index contributed by atoms with van der Waals surface area (Å²) in [5.41, 5.74) is 0.235. The van der Waals surface area contributed by atoms with Crippen molar-refractivity contribution in [3.63, 3.8) is 0 Å². The van der Waals surface area contributed by atoms with Gasteiger partial charge in [-0.05, 0) is 44.1 Å². The van der Waals surface area contributed by atoms with Gasteiger partial charge in [0.15, 0.2) is 14.6 Å². The van der Waals surface area contributed by atoms with E-state index in [2.05, 4.69) is 15.4 Å². The smallest absolute Gasteiger partial charge is 0.387 e. The highest BCUT2D eigenvalue weighted by molar-refractivity contribution is 7.92. The molecule has 1 aromatic rings. The molecule has 26 heavy (non-hydrogen) atoms. The molecular weight excluding hydrogens is 413 g/mol. The van der Waals surface area contributed by atoms with Crippen LogP contribution in [0.3, 0.4) is 0 Å². The van der Waals surface area contributed by atoms with Gasteiger partial charge in [0.05, 0.1) is 0 Å². The predicted molar refractivity (Wildman–Crippen MR) is 96.9 cm³/mol. The van der Waals surface area contributed by atoms with Gasteiger partial charge in [0.1, 0.15) is 5.75 Å². The molecule has 1 aromatic carbocycles. The van der Waals surface area contributed by atoms with Gasteiger partial charge in [-0.2, -0.15) is 8.78 Å². The highest BCUT2D eigenvalue weighted by Gasteiger charge is 2.48. The summed E-state index contributed by atoms with van der Waals surface area (Å²) in [5.74, 6) is -0.780. The summed E-state index contributed by atoms with van der Waals surface area (Å²) in [7, 11) is -3.66. The van der Waals surface area contributed by atoms with Crippen LogP contribution in [0.15, 0.2) is 18.2 Å². The molecule has 0 bridgehead atoms. The lowest BCUT2D eigenvalue weighted by Crippen LogP contribution is -2.57. The highest BCUT2D eigenvalue weighted by Crippen LogP contribution is 2.29. The number of hydrogen-bond donors (Lipinski definition) is 2. The van der Waals surface area contributed by atoms with Gasteiger partial charge in [-0.25, -0.2) is 8.42 Å². The molecule has 0 aromatic heterocycles. The van der Waals surface area contributed by atoms with E-state index < -0.39 is 27.1 Å². The number of alkyl halides is 2. The summed E-state index contributed by atoms with van der Waals surface area (Å²) in [6.45, 7) is -2.40. The van der Waals surface area contributed by atoms with E-state index in [-0.39, 0.29) is 48.1 Å². The Balaban J connectivity index is 0.00000338. The van der Waals surface area contributed by atoms with E-state index in [9.17, 15) is 22.0 Å². The Kier molecular flexibility index (Phi) is 8.06. The largest absolute Gasteiger partial charge is 0.434 e. The number of rotatable bonds is 6. The molecule has 1 aliphatic heterocycles. The van der Waals surface area contributed by atoms with E-state index in [1.54, 1.807) is 0 Å². The monoisotopic (exact) mass is 432 g/mol. The summed E-state index contributed by atoms with van der Waals surface area (Å²) >= 11 is 5.86. The highest BCUT2D eigenvalue weighted by atomic mass is 35.5. The predicted octanol–water partition coefficient (Wildman–Crippen LogP) is 2.15. The van der Waals surface area contributed by atoms with Crippen LogP contribution in [-0.4, -0.2) is 45.0 Å². The van der Waals surface area contributed by atoms with Crippen LogP contribution in [-0.2, 0) is 21.2 Å². The minimum Gasteiger partial charge on any atom is -0.434 e. The third-order valence-corrected chi connectivity index (χ3v) is 6.46. The van der Waals surface area contributed by atoms with E-state index in [1.165, 1.54) is 18.2 Å². The molecule has 1 fully saturated rings. The molecule has 2 rings (SSSR count). The molecule has 0 spiro atoms. The van der Waals surface area contributed by atoms with E-state index >= 15 is 0 Å².